The van der Waals surface area contributed by atoms with Gasteiger partial charge in [-0.15, -0.1) is 0 Å². The second kappa shape index (κ2) is 53.4. The van der Waals surface area contributed by atoms with E-state index < -0.39 is 64.9 Å². The van der Waals surface area contributed by atoms with Crippen LogP contribution in [0.25, 0.3) is 11.1 Å². The molecule has 0 saturated carbocycles. The fourth-order valence-corrected chi connectivity index (χ4v) is 12.9. The molecule has 0 N–H and O–H groups in total. The minimum atomic E-state index is -4.68. The Bertz CT molecular complexity index is 2610. The molecule has 0 radical (unpaired) electrons. The van der Waals surface area contributed by atoms with Gasteiger partial charge in [-0.3, -0.25) is 28.3 Å². The maximum Gasteiger partial charge on any atom is 0.306 e. The van der Waals surface area contributed by atoms with Crippen molar-refractivity contribution in [2.24, 2.45) is 0 Å². The highest BCUT2D eigenvalue weighted by Crippen LogP contribution is 2.40. The number of ether oxygens (including phenoxy) is 4. The molecular formula is C79H130N2O16P2. The molecule has 0 fully saturated rings. The lowest BCUT2D eigenvalue weighted by molar-refractivity contribution is -0.870. The lowest BCUT2D eigenvalue weighted by Gasteiger charge is -2.28. The summed E-state index contributed by atoms with van der Waals surface area (Å²) in [5, 5.41) is 0. The third-order valence-electron chi connectivity index (χ3n) is 17.5. The van der Waals surface area contributed by atoms with Crippen molar-refractivity contribution in [3.63, 3.8) is 0 Å². The summed E-state index contributed by atoms with van der Waals surface area (Å²) >= 11 is 0. The van der Waals surface area contributed by atoms with Crippen LogP contribution in [0.3, 0.4) is 0 Å². The molecule has 2 aromatic rings. The molecule has 0 spiro atoms. The molecule has 20 heteroatoms. The van der Waals surface area contributed by atoms with Crippen molar-refractivity contribution in [2.75, 3.05) is 95.0 Å². The lowest BCUT2D eigenvalue weighted by Crippen LogP contribution is -2.37. The van der Waals surface area contributed by atoms with Crippen molar-refractivity contribution in [1.82, 2.24) is 0 Å². The average Bonchev–Trinajstić information content (AvgIpc) is 1.64. The summed E-state index contributed by atoms with van der Waals surface area (Å²) in [6.07, 6.45) is 37.5. The summed E-state index contributed by atoms with van der Waals surface area (Å²) in [5.74, 6) is 11.6. The first-order chi connectivity index (χ1) is 47.5. The minimum Gasteiger partial charge on any atom is -0.756 e. The normalized spacial score (nSPS) is 13.8. The summed E-state index contributed by atoms with van der Waals surface area (Å²) in [6, 6.07) is 13.0. The van der Waals surface area contributed by atoms with Gasteiger partial charge in [0, 0.05) is 49.7 Å². The van der Waals surface area contributed by atoms with Gasteiger partial charge in [0.1, 0.15) is 39.5 Å². The van der Waals surface area contributed by atoms with E-state index in [-0.39, 0.29) is 52.1 Å². The zero-order valence-electron chi connectivity index (χ0n) is 62.6. The molecule has 0 aliphatic heterocycles. The highest BCUT2D eigenvalue weighted by Gasteiger charge is 2.25. The number of carbonyl (C=O) groups excluding carboxylic acids is 4. The van der Waals surface area contributed by atoms with E-state index in [1.165, 1.54) is 112 Å². The minimum absolute atomic E-state index is 0.0618. The van der Waals surface area contributed by atoms with E-state index in [0.717, 1.165) is 133 Å². The predicted molar refractivity (Wildman–Crippen MR) is 391 cm³/mol. The van der Waals surface area contributed by atoms with Gasteiger partial charge < -0.3 is 55.8 Å². The zero-order chi connectivity index (χ0) is 72.3. The number of unbranched alkanes of at least 4 members (excludes halogenated alkanes) is 32. The molecule has 562 valence electrons. The molecule has 1 aliphatic rings. The molecular weight excluding hydrogens is 1290 g/mol. The smallest absolute Gasteiger partial charge is 0.306 e. The first-order valence-electron chi connectivity index (χ1n) is 38.2. The van der Waals surface area contributed by atoms with E-state index in [1.54, 1.807) is 0 Å². The van der Waals surface area contributed by atoms with Gasteiger partial charge in [0.05, 0.1) is 55.5 Å². The predicted octanol–water partition coefficient (Wildman–Crippen LogP) is 16.9. The van der Waals surface area contributed by atoms with Gasteiger partial charge in [0.2, 0.25) is 0 Å². The summed E-state index contributed by atoms with van der Waals surface area (Å²) in [4.78, 5) is 76.1. The van der Waals surface area contributed by atoms with Crippen LogP contribution in [-0.4, -0.2) is 140 Å². The molecule has 4 atom stereocenters. The largest absolute Gasteiger partial charge is 0.756 e. The Kier molecular flexibility index (Phi) is 47.9. The standard InChI is InChI=1S/C79H130N2O16P2/c1-9-11-13-15-17-19-21-23-31-37-43-49-76(82)90-64-72(66-94-98(86,87)92-59-57-80(3,4)5)96-78(84)51-45-39-33-27-25-29-35-41-47-68-53-55-74-70(61-68)63-71-62-69(54-56-75(71)74)48-42-36-30-26-28-34-40-46-52-79(85)97-73(67-95-99(88,89)93-60-58-81(6,7)8)65-91-77(83)50-44-38-32-24-22-20-18-16-14-12-10-2/h53-56,61-62,72-73H,9-40,43-46,49-52,57-60,63-67H2,1-8H3/t72-,73-/m0/s1. The molecule has 0 saturated heterocycles. The molecule has 2 unspecified atom stereocenters. The highest BCUT2D eigenvalue weighted by atomic mass is 31.2. The number of nitrogens with zero attached hydrogens (tertiary/aromatic N) is 2. The molecule has 0 amide bonds. The van der Waals surface area contributed by atoms with Crippen LogP contribution in [-0.2, 0) is 71.8 Å². The molecule has 18 nitrogen and oxygen atoms in total. The number of fused-ring (bicyclic) bond motifs is 3. The number of phosphoric ester groups is 2. The van der Waals surface area contributed by atoms with Crippen molar-refractivity contribution in [1.29, 1.82) is 0 Å². The van der Waals surface area contributed by atoms with Crippen LogP contribution in [0.2, 0.25) is 0 Å². The topological polar surface area (TPSA) is 222 Å². The fourth-order valence-electron chi connectivity index (χ4n) is 11.5. The number of benzene rings is 2. The number of hydrogen-bond donors (Lipinski definition) is 0. The molecule has 0 aromatic heterocycles. The van der Waals surface area contributed by atoms with Crippen molar-refractivity contribution < 1.29 is 84.1 Å². The molecule has 3 rings (SSSR count). The third-order valence-corrected chi connectivity index (χ3v) is 19.4. The lowest BCUT2D eigenvalue weighted by atomic mass is 10.0. The number of phosphoric acid groups is 2. The Morgan fingerprint density at radius 2 is 0.697 bits per heavy atom. The molecule has 99 heavy (non-hydrogen) atoms. The number of quaternary nitrogens is 2. The van der Waals surface area contributed by atoms with E-state index in [9.17, 15) is 38.1 Å². The number of likely N-dealkylation sites (N-methyl/N-ethyl adjacent to an activating group) is 2. The number of rotatable bonds is 60. The van der Waals surface area contributed by atoms with Crippen molar-refractivity contribution in [3.8, 4) is 34.8 Å². The van der Waals surface area contributed by atoms with E-state index in [1.807, 2.05) is 42.3 Å². The zero-order valence-corrected chi connectivity index (χ0v) is 64.4. The van der Waals surface area contributed by atoms with Gasteiger partial charge in [-0.25, -0.2) is 0 Å². The Balaban J connectivity index is 1.31. The quantitative estimate of drug-likeness (QED) is 0.0128. The van der Waals surface area contributed by atoms with Gasteiger partial charge in [0.15, 0.2) is 12.2 Å². The van der Waals surface area contributed by atoms with Crippen LogP contribution < -0.4 is 9.79 Å². The van der Waals surface area contributed by atoms with Crippen molar-refractivity contribution in [3.05, 3.63) is 58.7 Å². The summed E-state index contributed by atoms with van der Waals surface area (Å²) in [5.41, 5.74) is 7.04. The number of esters is 4. The Labute approximate surface area is 598 Å². The van der Waals surface area contributed by atoms with Gasteiger partial charge in [-0.05, 0) is 91.5 Å². The van der Waals surface area contributed by atoms with Crippen LogP contribution in [0.15, 0.2) is 36.4 Å². The summed E-state index contributed by atoms with van der Waals surface area (Å²) in [6.45, 7) is 3.60. The van der Waals surface area contributed by atoms with Crippen LogP contribution in [0.5, 0.6) is 0 Å². The number of hydrogen-bond acceptors (Lipinski definition) is 16. The van der Waals surface area contributed by atoms with Crippen LogP contribution in [0, 0.1) is 23.7 Å². The Morgan fingerprint density at radius 3 is 1.01 bits per heavy atom. The second-order valence-corrected chi connectivity index (χ2v) is 31.9. The van der Waals surface area contributed by atoms with Gasteiger partial charge >= 0.3 is 23.9 Å². The van der Waals surface area contributed by atoms with Crippen LogP contribution in [0.1, 0.15) is 293 Å². The van der Waals surface area contributed by atoms with Crippen molar-refractivity contribution in [2.45, 2.75) is 289 Å². The fraction of sp³-hybridized carbons (Fsp3) is 0.747. The van der Waals surface area contributed by atoms with E-state index in [2.05, 4.69) is 73.9 Å². The Hall–Kier alpha value is -4.42. The Morgan fingerprint density at radius 1 is 0.404 bits per heavy atom. The third kappa shape index (κ3) is 48.2. The van der Waals surface area contributed by atoms with Crippen molar-refractivity contribution >= 4 is 39.5 Å². The molecule has 0 heterocycles. The van der Waals surface area contributed by atoms with E-state index in [4.69, 9.17) is 37.0 Å². The molecule has 1 aliphatic carbocycles. The van der Waals surface area contributed by atoms with Gasteiger partial charge in [-0.2, -0.15) is 0 Å². The van der Waals surface area contributed by atoms with Crippen LogP contribution in [0.4, 0.5) is 0 Å². The maximum absolute atomic E-state index is 12.9. The second-order valence-electron chi connectivity index (χ2n) is 29.1. The van der Waals surface area contributed by atoms with Crippen LogP contribution >= 0.6 is 15.6 Å². The monoisotopic (exact) mass is 1420 g/mol. The number of carbonyl (C=O) groups is 4. The van der Waals surface area contributed by atoms with E-state index >= 15 is 0 Å². The first kappa shape index (κ1) is 88.8. The SMILES string of the molecule is CCCCCCCCCCCCCC(=O)OC[C@@H](COP(=O)([O-])OCC[N+](C)(C)C)OC(=O)CCCCCCCCC#Cc1ccc2c(c1)Cc1cc(C#CCCCCCCCCC(=O)O[C@@H](COC(=O)CCCCCCCCCCCCC)COP(=O)([O-])OCC[N+](C)(C)C)ccc1-2. The molecule has 0 bridgehead atoms. The van der Waals surface area contributed by atoms with Gasteiger partial charge in [0.25, 0.3) is 15.6 Å². The average molecular weight is 1430 g/mol. The summed E-state index contributed by atoms with van der Waals surface area (Å²) < 4.78 is 68.4. The first-order valence-corrected chi connectivity index (χ1v) is 41.1. The molecule has 2 aromatic carbocycles. The van der Waals surface area contributed by atoms with E-state index in [0.29, 0.717) is 47.7 Å². The highest BCUT2D eigenvalue weighted by molar-refractivity contribution is 7.46. The maximum atomic E-state index is 12.9. The summed E-state index contributed by atoms with van der Waals surface area (Å²) in [7, 11) is 2.13. The van der Waals surface area contributed by atoms with Gasteiger partial charge in [-0.1, -0.05) is 229 Å².